The third-order valence-corrected chi connectivity index (χ3v) is 1.52. The minimum Gasteiger partial charge on any atom is -0.331 e. The van der Waals surface area contributed by atoms with Gasteiger partial charge in [-0.2, -0.15) is 30.7 Å². The summed E-state index contributed by atoms with van der Waals surface area (Å²) >= 11 is 4.63. The van der Waals surface area contributed by atoms with Gasteiger partial charge in [0.05, 0.1) is 6.61 Å². The van der Waals surface area contributed by atoms with Crippen LogP contribution in [0.15, 0.2) is 0 Å². The summed E-state index contributed by atoms with van der Waals surface area (Å²) < 4.78 is 86.4. The molecule has 0 unspecified atom stereocenters. The molecule has 0 aromatic heterocycles. The van der Waals surface area contributed by atoms with E-state index in [-0.39, 0.29) is 0 Å². The fraction of sp³-hybridized carbons (Fsp3) is 0.833. The first-order chi connectivity index (χ1) is 6.92. The maximum atomic E-state index is 12.6. The Bertz CT molecular complexity index is 245. The zero-order valence-corrected chi connectivity index (χ0v) is 8.01. The lowest BCUT2D eigenvalue weighted by Crippen LogP contribution is -2.55. The Labute approximate surface area is 89.3 Å². The van der Waals surface area contributed by atoms with Crippen molar-refractivity contribution in [2.24, 2.45) is 0 Å². The summed E-state index contributed by atoms with van der Waals surface area (Å²) in [4.78, 5) is 10.0. The fourth-order valence-electron chi connectivity index (χ4n) is 0.596. The summed E-state index contributed by atoms with van der Waals surface area (Å²) in [5.74, 6) is -5.80. The fourth-order valence-corrected chi connectivity index (χ4v) is 0.673. The number of hydrogen-bond acceptors (Lipinski definition) is 2. The minimum atomic E-state index is -6.29. The highest BCUT2D eigenvalue weighted by molar-refractivity contribution is 6.63. The van der Waals surface area contributed by atoms with Crippen LogP contribution < -0.4 is 0 Å². The Balaban J connectivity index is 4.78. The molecule has 2 nitrogen and oxygen atoms in total. The molecular formula is C6H4ClF7O2. The Kier molecular flexibility index (Phi) is 4.57. The van der Waals surface area contributed by atoms with Crippen LogP contribution in [-0.4, -0.2) is 30.1 Å². The number of hydrogen-bond donors (Lipinski definition) is 0. The quantitative estimate of drug-likeness (QED) is 0.583. The van der Waals surface area contributed by atoms with Crippen LogP contribution in [-0.2, 0) is 9.53 Å². The van der Waals surface area contributed by atoms with Crippen LogP contribution in [0.1, 0.15) is 6.42 Å². The van der Waals surface area contributed by atoms with Gasteiger partial charge in [0.15, 0.2) is 0 Å². The van der Waals surface area contributed by atoms with Crippen LogP contribution in [0.4, 0.5) is 30.7 Å². The lowest BCUT2D eigenvalue weighted by Gasteiger charge is -2.29. The topological polar surface area (TPSA) is 26.3 Å². The molecule has 0 aliphatic rings. The second-order valence-corrected chi connectivity index (χ2v) is 2.97. The van der Waals surface area contributed by atoms with Crippen molar-refractivity contribution in [3.63, 3.8) is 0 Å². The number of rotatable bonds is 4. The second kappa shape index (κ2) is 4.74. The Morgan fingerprint density at radius 1 is 1.00 bits per heavy atom. The zero-order chi connectivity index (χ0) is 13.2. The molecule has 0 N–H and O–H groups in total. The van der Waals surface area contributed by atoms with Gasteiger partial charge in [0.25, 0.3) is 0 Å². The summed E-state index contributed by atoms with van der Waals surface area (Å²) in [6, 6.07) is 0. The molecule has 0 fully saturated rings. The Morgan fingerprint density at radius 2 is 1.38 bits per heavy atom. The highest BCUT2D eigenvalue weighted by Crippen LogP contribution is 2.46. The minimum absolute atomic E-state index is 0.973. The van der Waals surface area contributed by atoms with Crippen molar-refractivity contribution in [1.82, 2.24) is 0 Å². The normalized spacial score (nSPS) is 14.0. The van der Waals surface area contributed by atoms with E-state index in [2.05, 4.69) is 16.3 Å². The van der Waals surface area contributed by atoms with Crippen molar-refractivity contribution in [2.45, 2.75) is 24.6 Å². The monoisotopic (exact) mass is 276 g/mol. The van der Waals surface area contributed by atoms with Crippen molar-refractivity contribution in [1.29, 1.82) is 0 Å². The van der Waals surface area contributed by atoms with E-state index in [1.165, 1.54) is 0 Å². The van der Waals surface area contributed by atoms with Gasteiger partial charge in [-0.1, -0.05) is 0 Å². The molecule has 0 radical (unpaired) electrons. The van der Waals surface area contributed by atoms with Crippen LogP contribution in [0, 0.1) is 0 Å². The highest BCUT2D eigenvalue weighted by Gasteiger charge is 2.74. The standard InChI is InChI=1S/C6H4ClF7O2/c7-3(15)1-2-16-4(8,5(9,10)11)6(12,13)14/h1-2H2. The van der Waals surface area contributed by atoms with Gasteiger partial charge < -0.3 is 4.74 Å². The molecule has 0 saturated heterocycles. The first-order valence-electron chi connectivity index (χ1n) is 3.56. The predicted molar refractivity (Wildman–Crippen MR) is 37.4 cm³/mol. The third-order valence-electron chi connectivity index (χ3n) is 1.33. The molecule has 0 saturated carbocycles. The molecule has 0 aromatic rings. The van der Waals surface area contributed by atoms with Gasteiger partial charge in [-0.05, 0) is 11.6 Å². The molecule has 16 heavy (non-hydrogen) atoms. The van der Waals surface area contributed by atoms with Gasteiger partial charge in [-0.15, -0.1) is 0 Å². The van der Waals surface area contributed by atoms with Crippen molar-refractivity contribution in [3.8, 4) is 0 Å². The number of carbonyl (C=O) groups is 1. The summed E-state index contributed by atoms with van der Waals surface area (Å²) in [6.45, 7) is -1.43. The second-order valence-electron chi connectivity index (χ2n) is 2.54. The highest BCUT2D eigenvalue weighted by atomic mass is 35.5. The lowest BCUT2D eigenvalue weighted by atomic mass is 10.3. The van der Waals surface area contributed by atoms with Crippen LogP contribution in [0.2, 0.25) is 0 Å². The number of alkyl halides is 7. The smallest absolute Gasteiger partial charge is 0.331 e. The van der Waals surface area contributed by atoms with E-state index in [1.54, 1.807) is 0 Å². The molecule has 0 atom stereocenters. The summed E-state index contributed by atoms with van der Waals surface area (Å²) in [5, 5.41) is -1.24. The molecule has 0 heterocycles. The number of carbonyl (C=O) groups excluding carboxylic acids is 1. The van der Waals surface area contributed by atoms with Crippen molar-refractivity contribution < 1.29 is 40.3 Å². The van der Waals surface area contributed by atoms with E-state index in [1.807, 2.05) is 0 Å². The molecule has 0 bridgehead atoms. The van der Waals surface area contributed by atoms with Crippen LogP contribution in [0.5, 0.6) is 0 Å². The van der Waals surface area contributed by atoms with Gasteiger partial charge in [-0.25, -0.2) is 0 Å². The van der Waals surface area contributed by atoms with Crippen LogP contribution in [0.25, 0.3) is 0 Å². The first-order valence-corrected chi connectivity index (χ1v) is 3.94. The molecular weight excluding hydrogens is 273 g/mol. The molecule has 0 amide bonds. The van der Waals surface area contributed by atoms with Gasteiger partial charge in [0.2, 0.25) is 5.24 Å². The predicted octanol–water partition coefficient (Wildman–Crippen LogP) is 2.95. The van der Waals surface area contributed by atoms with Gasteiger partial charge in [-0.3, -0.25) is 4.79 Å². The average molecular weight is 277 g/mol. The number of halogens is 8. The van der Waals surface area contributed by atoms with E-state index in [0.29, 0.717) is 0 Å². The van der Waals surface area contributed by atoms with E-state index >= 15 is 0 Å². The molecule has 0 aliphatic heterocycles. The van der Waals surface area contributed by atoms with E-state index in [0.717, 1.165) is 0 Å². The number of ether oxygens (including phenoxy) is 1. The third kappa shape index (κ3) is 3.48. The molecule has 10 heteroatoms. The van der Waals surface area contributed by atoms with Gasteiger partial charge >= 0.3 is 18.2 Å². The van der Waals surface area contributed by atoms with E-state index in [9.17, 15) is 35.5 Å². The largest absolute Gasteiger partial charge is 0.458 e. The van der Waals surface area contributed by atoms with E-state index < -0.39 is 36.5 Å². The molecule has 0 aromatic carbocycles. The van der Waals surface area contributed by atoms with E-state index in [4.69, 9.17) is 0 Å². The molecule has 0 spiro atoms. The summed E-state index contributed by atoms with van der Waals surface area (Å²) in [6.07, 6.45) is -13.6. The maximum Gasteiger partial charge on any atom is 0.458 e. The Morgan fingerprint density at radius 3 is 1.62 bits per heavy atom. The van der Waals surface area contributed by atoms with Crippen LogP contribution >= 0.6 is 11.6 Å². The maximum absolute atomic E-state index is 12.6. The molecule has 0 aliphatic carbocycles. The Hall–Kier alpha value is -0.570. The summed E-state index contributed by atoms with van der Waals surface area (Å²) in [7, 11) is 0. The van der Waals surface area contributed by atoms with Crippen molar-refractivity contribution in [2.75, 3.05) is 6.61 Å². The summed E-state index contributed by atoms with van der Waals surface area (Å²) in [5.41, 5.74) is 0. The first kappa shape index (κ1) is 15.4. The molecule has 96 valence electrons. The van der Waals surface area contributed by atoms with Crippen molar-refractivity contribution in [3.05, 3.63) is 0 Å². The molecule has 0 rings (SSSR count). The van der Waals surface area contributed by atoms with Gasteiger partial charge in [0, 0.05) is 6.42 Å². The zero-order valence-electron chi connectivity index (χ0n) is 7.25. The SMILES string of the molecule is O=C(Cl)CCOC(F)(C(F)(F)F)C(F)(F)F. The van der Waals surface area contributed by atoms with Gasteiger partial charge in [0.1, 0.15) is 0 Å². The van der Waals surface area contributed by atoms with Crippen molar-refractivity contribution >= 4 is 16.8 Å². The van der Waals surface area contributed by atoms with Crippen LogP contribution in [0.3, 0.4) is 0 Å². The lowest BCUT2D eigenvalue weighted by molar-refractivity contribution is -0.429. The average Bonchev–Trinajstić information content (AvgIpc) is 1.98.